The average molecular weight is 184 g/mol. The molecule has 0 saturated heterocycles. The molecule has 0 aromatic carbocycles. The van der Waals surface area contributed by atoms with Gasteiger partial charge < -0.3 is 14.8 Å². The van der Waals surface area contributed by atoms with Crippen molar-refractivity contribution in [3.05, 3.63) is 16.2 Å². The van der Waals surface area contributed by atoms with Gasteiger partial charge in [-0.15, -0.1) is 0 Å². The molecule has 0 atom stereocenters. The molecule has 2 rings (SSSR count). The summed E-state index contributed by atoms with van der Waals surface area (Å²) >= 11 is 0. The van der Waals surface area contributed by atoms with Crippen LogP contribution in [-0.2, 0) is 17.8 Å². The van der Waals surface area contributed by atoms with E-state index in [2.05, 4.69) is 4.98 Å². The van der Waals surface area contributed by atoms with Crippen molar-refractivity contribution in [2.75, 3.05) is 6.61 Å². The van der Waals surface area contributed by atoms with E-state index >= 15 is 0 Å². The molecule has 0 spiro atoms. The SMILES string of the molecule is O=C(O)Cn1c2c([nH]c1=O)CCO2. The zero-order valence-corrected chi connectivity index (χ0v) is 6.74. The lowest BCUT2D eigenvalue weighted by atomic mass is 10.4. The molecule has 0 fully saturated rings. The summed E-state index contributed by atoms with van der Waals surface area (Å²) in [6.07, 6.45) is 0.636. The van der Waals surface area contributed by atoms with Crippen LogP contribution < -0.4 is 10.4 Å². The highest BCUT2D eigenvalue weighted by molar-refractivity contribution is 5.66. The van der Waals surface area contributed by atoms with E-state index in [0.717, 1.165) is 4.57 Å². The van der Waals surface area contributed by atoms with Crippen LogP contribution in [0.25, 0.3) is 0 Å². The van der Waals surface area contributed by atoms with Crippen LogP contribution in [0, 0.1) is 0 Å². The van der Waals surface area contributed by atoms with E-state index in [1.54, 1.807) is 0 Å². The minimum atomic E-state index is -1.06. The van der Waals surface area contributed by atoms with Gasteiger partial charge in [-0.2, -0.15) is 0 Å². The summed E-state index contributed by atoms with van der Waals surface area (Å²) in [5.74, 6) is -0.688. The normalized spacial score (nSPS) is 13.8. The van der Waals surface area contributed by atoms with Gasteiger partial charge in [0.15, 0.2) is 0 Å². The van der Waals surface area contributed by atoms with E-state index in [1.165, 1.54) is 0 Å². The number of aromatic nitrogens is 2. The minimum absolute atomic E-state index is 0.356. The number of aromatic amines is 1. The molecule has 70 valence electrons. The van der Waals surface area contributed by atoms with Crippen molar-refractivity contribution in [2.45, 2.75) is 13.0 Å². The Hall–Kier alpha value is -1.72. The third-order valence-electron chi connectivity index (χ3n) is 1.89. The van der Waals surface area contributed by atoms with Crippen molar-refractivity contribution in [1.82, 2.24) is 9.55 Å². The van der Waals surface area contributed by atoms with Crippen molar-refractivity contribution >= 4 is 5.97 Å². The third-order valence-corrected chi connectivity index (χ3v) is 1.89. The Morgan fingerprint density at radius 1 is 1.69 bits per heavy atom. The maximum absolute atomic E-state index is 11.2. The number of carbonyl (C=O) groups is 1. The van der Waals surface area contributed by atoms with Crippen molar-refractivity contribution in [3.63, 3.8) is 0 Å². The minimum Gasteiger partial charge on any atom is -0.480 e. The van der Waals surface area contributed by atoms with Gasteiger partial charge in [-0.25, -0.2) is 4.79 Å². The summed E-state index contributed by atoms with van der Waals surface area (Å²) in [5.41, 5.74) is 0.262. The molecule has 0 amide bonds. The largest absolute Gasteiger partial charge is 0.480 e. The predicted octanol–water partition coefficient (Wildman–Crippen LogP) is -0.804. The van der Waals surface area contributed by atoms with Crippen molar-refractivity contribution in [3.8, 4) is 5.88 Å². The van der Waals surface area contributed by atoms with Crippen LogP contribution in [0.3, 0.4) is 0 Å². The molecule has 2 N–H and O–H groups in total. The van der Waals surface area contributed by atoms with Crippen LogP contribution in [-0.4, -0.2) is 27.2 Å². The van der Waals surface area contributed by atoms with Gasteiger partial charge in [0.1, 0.15) is 6.54 Å². The second-order valence-electron chi connectivity index (χ2n) is 2.79. The highest BCUT2D eigenvalue weighted by Crippen LogP contribution is 2.20. The number of hydrogen-bond acceptors (Lipinski definition) is 3. The smallest absolute Gasteiger partial charge is 0.329 e. The number of carboxylic acids is 1. The van der Waals surface area contributed by atoms with Gasteiger partial charge in [0.05, 0.1) is 12.3 Å². The van der Waals surface area contributed by atoms with Crippen molar-refractivity contribution in [2.24, 2.45) is 0 Å². The molecule has 0 radical (unpaired) electrons. The number of nitrogens with one attached hydrogen (secondary N) is 1. The Kier molecular flexibility index (Phi) is 1.61. The standard InChI is InChI=1S/C7H8N2O4/c10-5(11)3-9-6-4(1-2-13-6)8-7(9)12/h1-3H2,(H,8,12)(H,10,11). The number of fused-ring (bicyclic) bond motifs is 1. The lowest BCUT2D eigenvalue weighted by molar-refractivity contribution is -0.137. The second-order valence-corrected chi connectivity index (χ2v) is 2.79. The molecular weight excluding hydrogens is 176 g/mol. The van der Waals surface area contributed by atoms with Crippen molar-refractivity contribution < 1.29 is 14.6 Å². The fourth-order valence-corrected chi connectivity index (χ4v) is 1.37. The summed E-state index contributed by atoms with van der Waals surface area (Å²) in [7, 11) is 0. The molecule has 0 bridgehead atoms. The second kappa shape index (κ2) is 2.65. The summed E-state index contributed by atoms with van der Waals surface area (Å²) in [4.78, 5) is 24.1. The Morgan fingerprint density at radius 3 is 3.15 bits per heavy atom. The van der Waals surface area contributed by atoms with Crippen LogP contribution in [0.5, 0.6) is 5.88 Å². The highest BCUT2D eigenvalue weighted by atomic mass is 16.5. The fourth-order valence-electron chi connectivity index (χ4n) is 1.37. The van der Waals surface area contributed by atoms with E-state index in [4.69, 9.17) is 9.84 Å². The van der Waals surface area contributed by atoms with Gasteiger partial charge in [-0.3, -0.25) is 9.36 Å². The fraction of sp³-hybridized carbons (Fsp3) is 0.429. The quantitative estimate of drug-likeness (QED) is 0.630. The van der Waals surface area contributed by atoms with Crippen LogP contribution >= 0.6 is 0 Å². The molecule has 1 aliphatic rings. The molecule has 2 heterocycles. The monoisotopic (exact) mass is 184 g/mol. The number of H-pyrrole nitrogens is 1. The summed E-state index contributed by atoms with van der Waals surface area (Å²) in [5, 5.41) is 8.51. The lowest BCUT2D eigenvalue weighted by Crippen LogP contribution is -2.22. The first-order valence-corrected chi connectivity index (χ1v) is 3.85. The summed E-state index contributed by atoms with van der Waals surface area (Å²) in [6.45, 7) is 0.145. The van der Waals surface area contributed by atoms with E-state index in [1.807, 2.05) is 0 Å². The zero-order chi connectivity index (χ0) is 9.42. The first kappa shape index (κ1) is 7.90. The van der Waals surface area contributed by atoms with Crippen LogP contribution in [0.2, 0.25) is 0 Å². The molecule has 0 saturated carbocycles. The molecule has 6 heteroatoms. The molecule has 6 nitrogen and oxygen atoms in total. The number of rotatable bonds is 2. The highest BCUT2D eigenvalue weighted by Gasteiger charge is 2.21. The average Bonchev–Trinajstić information content (AvgIpc) is 2.55. The maximum Gasteiger partial charge on any atom is 0.329 e. The van der Waals surface area contributed by atoms with E-state index in [0.29, 0.717) is 24.6 Å². The maximum atomic E-state index is 11.2. The Bertz CT molecular complexity index is 403. The van der Waals surface area contributed by atoms with Gasteiger partial charge in [0, 0.05) is 6.42 Å². The Morgan fingerprint density at radius 2 is 2.46 bits per heavy atom. The molecule has 1 aromatic rings. The van der Waals surface area contributed by atoms with Crippen molar-refractivity contribution in [1.29, 1.82) is 0 Å². The van der Waals surface area contributed by atoms with E-state index < -0.39 is 11.7 Å². The number of ether oxygens (including phenoxy) is 1. The molecule has 13 heavy (non-hydrogen) atoms. The van der Waals surface area contributed by atoms with Gasteiger partial charge in [0.25, 0.3) is 0 Å². The van der Waals surface area contributed by atoms with Crippen LogP contribution in [0.1, 0.15) is 5.69 Å². The lowest BCUT2D eigenvalue weighted by Gasteiger charge is -2.00. The van der Waals surface area contributed by atoms with Gasteiger partial charge in [0.2, 0.25) is 5.88 Å². The van der Waals surface area contributed by atoms with Crippen LogP contribution in [0.15, 0.2) is 4.79 Å². The number of aliphatic carboxylic acids is 1. The van der Waals surface area contributed by atoms with E-state index in [-0.39, 0.29) is 6.54 Å². The number of hydrogen-bond donors (Lipinski definition) is 2. The van der Waals surface area contributed by atoms with Gasteiger partial charge in [-0.05, 0) is 0 Å². The van der Waals surface area contributed by atoms with Crippen LogP contribution in [0.4, 0.5) is 0 Å². The van der Waals surface area contributed by atoms with Gasteiger partial charge in [-0.1, -0.05) is 0 Å². The number of imidazole rings is 1. The Balaban J connectivity index is 2.44. The topological polar surface area (TPSA) is 84.3 Å². The predicted molar refractivity (Wildman–Crippen MR) is 41.9 cm³/mol. The number of nitrogens with zero attached hydrogens (tertiary/aromatic N) is 1. The van der Waals surface area contributed by atoms with E-state index in [9.17, 15) is 9.59 Å². The molecule has 1 aromatic heterocycles. The summed E-state index contributed by atoms with van der Waals surface area (Å²) in [6, 6.07) is 0. The molecular formula is C7H8N2O4. The number of carboxylic acid groups (broad SMARTS) is 1. The first-order chi connectivity index (χ1) is 6.18. The zero-order valence-electron chi connectivity index (χ0n) is 6.74. The molecule has 1 aliphatic heterocycles. The molecule has 0 unspecified atom stereocenters. The molecule has 0 aliphatic carbocycles. The third kappa shape index (κ3) is 1.20. The first-order valence-electron chi connectivity index (χ1n) is 3.85. The Labute approximate surface area is 72.8 Å². The van der Waals surface area contributed by atoms with Gasteiger partial charge >= 0.3 is 11.7 Å². The summed E-state index contributed by atoms with van der Waals surface area (Å²) < 4.78 is 6.21.